The molecular weight excluding hydrogens is 508 g/mol. The average molecular weight is 555 g/mol. The molecule has 3 aliphatic carbocycles. The minimum absolute atomic E-state index is 0.179. The van der Waals surface area contributed by atoms with Gasteiger partial charge in [-0.05, 0) is 105 Å². The van der Waals surface area contributed by atoms with E-state index in [0.717, 1.165) is 88.2 Å². The second kappa shape index (κ2) is 12.2. The number of ether oxygens (including phenoxy) is 1. The molecule has 2 aromatic carbocycles. The predicted octanol–water partition coefficient (Wildman–Crippen LogP) is 7.64. The standard InChI is InChI=1S/C33H46O5S/c1-3-5-7-9-27(8-6-4-2)39(36,37)28-16-14-26(15-17-28)38-33-29(23-12-13-25(34)18-23)21-30-31(33)19-24(20-32(30)35)22-10-11-22/h14-17,19-20,22-23,25,27,29,33-35H,3-13,18,21H2,1-2H3/t23?,25-,27?,29-,33-/m1/s1. The highest BCUT2D eigenvalue weighted by Crippen LogP contribution is 2.52. The van der Waals surface area contributed by atoms with Crippen LogP contribution in [0.2, 0.25) is 0 Å². The molecule has 2 fully saturated rings. The van der Waals surface area contributed by atoms with Gasteiger partial charge in [0.2, 0.25) is 0 Å². The average Bonchev–Trinajstić information content (AvgIpc) is 3.59. The zero-order chi connectivity index (χ0) is 27.6. The first-order valence-electron chi connectivity index (χ1n) is 15.4. The Balaban J connectivity index is 1.38. The molecule has 2 aromatic rings. The van der Waals surface area contributed by atoms with Crippen molar-refractivity contribution in [1.82, 2.24) is 0 Å². The second-order valence-corrected chi connectivity index (χ2v) is 14.5. The third kappa shape index (κ3) is 6.32. The normalized spacial score (nSPS) is 25.5. The first kappa shape index (κ1) is 28.5. The summed E-state index contributed by atoms with van der Waals surface area (Å²) in [5.41, 5.74) is 3.23. The first-order valence-corrected chi connectivity index (χ1v) is 16.9. The highest BCUT2D eigenvalue weighted by atomic mass is 32.2. The van der Waals surface area contributed by atoms with Gasteiger partial charge in [-0.25, -0.2) is 8.42 Å². The number of aliphatic hydroxyl groups is 1. The maximum absolute atomic E-state index is 13.6. The maximum Gasteiger partial charge on any atom is 0.181 e. The van der Waals surface area contributed by atoms with Crippen LogP contribution in [-0.4, -0.2) is 30.0 Å². The molecule has 6 heteroatoms. The van der Waals surface area contributed by atoms with Gasteiger partial charge in [-0.1, -0.05) is 52.0 Å². The van der Waals surface area contributed by atoms with Crippen molar-refractivity contribution < 1.29 is 23.4 Å². The molecule has 0 spiro atoms. The topological polar surface area (TPSA) is 83.8 Å². The van der Waals surface area contributed by atoms with Crippen molar-refractivity contribution >= 4 is 9.84 Å². The van der Waals surface area contributed by atoms with Gasteiger partial charge in [-0.2, -0.15) is 0 Å². The first-order chi connectivity index (χ1) is 18.8. The zero-order valence-electron chi connectivity index (χ0n) is 23.6. The summed E-state index contributed by atoms with van der Waals surface area (Å²) in [4.78, 5) is 0.378. The van der Waals surface area contributed by atoms with Crippen LogP contribution < -0.4 is 4.74 Å². The van der Waals surface area contributed by atoms with Crippen LogP contribution in [0.5, 0.6) is 11.5 Å². The molecule has 2 N–H and O–H groups in total. The van der Waals surface area contributed by atoms with Crippen LogP contribution in [-0.2, 0) is 16.3 Å². The van der Waals surface area contributed by atoms with E-state index in [1.807, 2.05) is 6.07 Å². The SMILES string of the molecule is CCCCCC(CCCC)S(=O)(=O)c1ccc(O[C@H]2c3cc(C4CC4)cc(O)c3C[C@@H]2C2CC[C@@H](O)C2)cc1. The minimum atomic E-state index is -3.41. The Bertz CT molecular complexity index is 1220. The number of rotatable bonds is 13. The quantitative estimate of drug-likeness (QED) is 0.249. The van der Waals surface area contributed by atoms with E-state index in [4.69, 9.17) is 4.74 Å². The molecule has 0 aliphatic heterocycles. The zero-order valence-corrected chi connectivity index (χ0v) is 24.5. The number of phenolic OH excluding ortho intramolecular Hbond substituents is 1. The Hall–Kier alpha value is -2.05. The summed E-state index contributed by atoms with van der Waals surface area (Å²) in [5, 5.41) is 20.9. The van der Waals surface area contributed by atoms with Crippen LogP contribution in [0.25, 0.3) is 0 Å². The maximum atomic E-state index is 13.6. The molecule has 0 heterocycles. The molecule has 2 unspecified atom stereocenters. The molecule has 0 saturated heterocycles. The highest BCUT2D eigenvalue weighted by Gasteiger charge is 2.43. The van der Waals surface area contributed by atoms with Gasteiger partial charge in [-0.15, -0.1) is 0 Å². The Labute approximate surface area is 234 Å². The van der Waals surface area contributed by atoms with Gasteiger partial charge >= 0.3 is 0 Å². The molecule has 5 nitrogen and oxygen atoms in total. The van der Waals surface area contributed by atoms with Crippen LogP contribution >= 0.6 is 0 Å². The summed E-state index contributed by atoms with van der Waals surface area (Å²) in [6, 6.07) is 11.2. The molecule has 2 saturated carbocycles. The fourth-order valence-electron chi connectivity index (χ4n) is 6.90. The molecule has 214 valence electrons. The van der Waals surface area contributed by atoms with E-state index in [9.17, 15) is 18.6 Å². The molecule has 5 rings (SSSR count). The van der Waals surface area contributed by atoms with E-state index in [0.29, 0.717) is 34.7 Å². The van der Waals surface area contributed by atoms with Crippen molar-refractivity contribution in [3.8, 4) is 11.5 Å². The Morgan fingerprint density at radius 1 is 0.949 bits per heavy atom. The van der Waals surface area contributed by atoms with E-state index in [1.165, 1.54) is 5.56 Å². The summed E-state index contributed by atoms with van der Waals surface area (Å²) in [7, 11) is -3.41. The summed E-state index contributed by atoms with van der Waals surface area (Å²) in [5.74, 6) is 2.06. The number of aliphatic hydroxyl groups excluding tert-OH is 1. The van der Waals surface area contributed by atoms with Gasteiger partial charge in [0.1, 0.15) is 17.6 Å². The number of sulfone groups is 1. The number of aromatic hydroxyl groups is 1. The van der Waals surface area contributed by atoms with Gasteiger partial charge in [0, 0.05) is 11.5 Å². The lowest BCUT2D eigenvalue weighted by Gasteiger charge is -2.27. The number of hydrogen-bond acceptors (Lipinski definition) is 5. The van der Waals surface area contributed by atoms with E-state index < -0.39 is 9.84 Å². The van der Waals surface area contributed by atoms with Crippen molar-refractivity contribution in [3.05, 3.63) is 53.1 Å². The molecule has 39 heavy (non-hydrogen) atoms. The Morgan fingerprint density at radius 2 is 1.67 bits per heavy atom. The lowest BCUT2D eigenvalue weighted by molar-refractivity contribution is 0.101. The molecule has 0 amide bonds. The summed E-state index contributed by atoms with van der Waals surface area (Å²) >= 11 is 0. The Morgan fingerprint density at radius 3 is 2.31 bits per heavy atom. The fourth-order valence-corrected chi connectivity index (χ4v) is 8.76. The fraction of sp³-hybridized carbons (Fsp3) is 0.636. The van der Waals surface area contributed by atoms with E-state index in [-0.39, 0.29) is 23.4 Å². The van der Waals surface area contributed by atoms with Crippen molar-refractivity contribution in [2.24, 2.45) is 11.8 Å². The largest absolute Gasteiger partial charge is 0.508 e. The number of phenols is 1. The van der Waals surface area contributed by atoms with Crippen LogP contribution in [0, 0.1) is 11.8 Å². The molecule has 0 aromatic heterocycles. The van der Waals surface area contributed by atoms with Gasteiger partial charge < -0.3 is 14.9 Å². The minimum Gasteiger partial charge on any atom is -0.508 e. The molecule has 0 radical (unpaired) electrons. The predicted molar refractivity (Wildman–Crippen MR) is 155 cm³/mol. The number of benzene rings is 2. The van der Waals surface area contributed by atoms with Gasteiger partial charge in [0.25, 0.3) is 0 Å². The summed E-state index contributed by atoms with van der Waals surface area (Å²) in [6.07, 6.45) is 11.6. The number of fused-ring (bicyclic) bond motifs is 1. The molecule has 3 aliphatic rings. The molecule has 5 atom stereocenters. The van der Waals surface area contributed by atoms with Crippen molar-refractivity contribution in [2.45, 2.75) is 126 Å². The molecule has 0 bridgehead atoms. The smallest absolute Gasteiger partial charge is 0.181 e. The summed E-state index contributed by atoms with van der Waals surface area (Å²) in [6.45, 7) is 4.25. The van der Waals surface area contributed by atoms with Gasteiger partial charge in [0.15, 0.2) is 9.84 Å². The van der Waals surface area contributed by atoms with Crippen molar-refractivity contribution in [1.29, 1.82) is 0 Å². The second-order valence-electron chi connectivity index (χ2n) is 12.3. The number of hydrogen-bond donors (Lipinski definition) is 2. The van der Waals surface area contributed by atoms with Crippen molar-refractivity contribution in [2.75, 3.05) is 0 Å². The van der Waals surface area contributed by atoms with Crippen LogP contribution in [0.3, 0.4) is 0 Å². The Kier molecular flexibility index (Phi) is 8.92. The highest BCUT2D eigenvalue weighted by molar-refractivity contribution is 7.92. The van der Waals surface area contributed by atoms with E-state index in [1.54, 1.807) is 24.3 Å². The van der Waals surface area contributed by atoms with E-state index >= 15 is 0 Å². The van der Waals surface area contributed by atoms with Crippen LogP contribution in [0.4, 0.5) is 0 Å². The lowest BCUT2D eigenvalue weighted by atomic mass is 9.86. The molecular formula is C33H46O5S. The van der Waals surface area contributed by atoms with Crippen LogP contribution in [0.15, 0.2) is 41.3 Å². The third-order valence-corrected chi connectivity index (χ3v) is 11.7. The lowest BCUT2D eigenvalue weighted by Crippen LogP contribution is -2.23. The summed E-state index contributed by atoms with van der Waals surface area (Å²) < 4.78 is 33.8. The number of unbranched alkanes of at least 4 members (excludes halogenated alkanes) is 3. The monoisotopic (exact) mass is 554 g/mol. The van der Waals surface area contributed by atoms with Crippen molar-refractivity contribution in [3.63, 3.8) is 0 Å². The third-order valence-electron chi connectivity index (χ3n) is 9.38. The van der Waals surface area contributed by atoms with Crippen LogP contribution in [0.1, 0.15) is 120 Å². The van der Waals surface area contributed by atoms with Gasteiger partial charge in [-0.3, -0.25) is 0 Å². The van der Waals surface area contributed by atoms with Gasteiger partial charge in [0.05, 0.1) is 16.2 Å². The van der Waals surface area contributed by atoms with E-state index in [2.05, 4.69) is 19.9 Å².